The van der Waals surface area contributed by atoms with E-state index in [4.69, 9.17) is 4.74 Å². The fourth-order valence-corrected chi connectivity index (χ4v) is 2.81. The molecular formula is C20H17FN2O5. The van der Waals surface area contributed by atoms with Gasteiger partial charge in [0, 0.05) is 13.6 Å². The maximum Gasteiger partial charge on any atom is 0.326 e. The van der Waals surface area contributed by atoms with Gasteiger partial charge < -0.3 is 9.64 Å². The van der Waals surface area contributed by atoms with Crippen molar-refractivity contribution in [3.05, 3.63) is 71.0 Å². The number of hydrogen-bond acceptors (Lipinski definition) is 5. The summed E-state index contributed by atoms with van der Waals surface area (Å²) in [4.78, 5) is 50.6. The van der Waals surface area contributed by atoms with Crippen LogP contribution < -0.4 is 0 Å². The van der Waals surface area contributed by atoms with Crippen molar-refractivity contribution in [2.24, 2.45) is 0 Å². The van der Waals surface area contributed by atoms with Crippen LogP contribution in [0, 0.1) is 5.82 Å². The molecule has 0 atom stereocenters. The Morgan fingerprint density at radius 1 is 1.04 bits per heavy atom. The number of carbonyl (C=O) groups excluding carboxylic acids is 4. The summed E-state index contributed by atoms with van der Waals surface area (Å²) in [7, 11) is 1.49. The number of nitrogens with zero attached hydrogens (tertiary/aromatic N) is 2. The molecule has 0 aliphatic carbocycles. The molecule has 1 heterocycles. The van der Waals surface area contributed by atoms with Crippen molar-refractivity contribution in [2.75, 3.05) is 20.2 Å². The Balaban J connectivity index is 1.51. The van der Waals surface area contributed by atoms with E-state index in [1.54, 1.807) is 18.2 Å². The molecule has 3 rings (SSSR count). The molecule has 0 radical (unpaired) electrons. The van der Waals surface area contributed by atoms with Crippen LogP contribution in [0.3, 0.4) is 0 Å². The van der Waals surface area contributed by atoms with E-state index in [1.165, 1.54) is 42.3 Å². The van der Waals surface area contributed by atoms with Gasteiger partial charge in [0.25, 0.3) is 17.7 Å². The van der Waals surface area contributed by atoms with Crippen molar-refractivity contribution < 1.29 is 28.3 Å². The smallest absolute Gasteiger partial charge is 0.326 e. The van der Waals surface area contributed by atoms with Gasteiger partial charge in [-0.2, -0.15) is 0 Å². The molecule has 0 N–H and O–H groups in total. The van der Waals surface area contributed by atoms with Crippen molar-refractivity contribution in [3.8, 4) is 0 Å². The zero-order valence-corrected chi connectivity index (χ0v) is 15.1. The highest BCUT2D eigenvalue weighted by Gasteiger charge is 2.36. The van der Waals surface area contributed by atoms with E-state index in [0.29, 0.717) is 5.56 Å². The number of esters is 1. The largest absolute Gasteiger partial charge is 0.454 e. The minimum absolute atomic E-state index is 0.145. The van der Waals surface area contributed by atoms with E-state index in [2.05, 4.69) is 0 Å². The summed E-state index contributed by atoms with van der Waals surface area (Å²) in [6, 6.07) is 12.1. The summed E-state index contributed by atoms with van der Waals surface area (Å²) in [5.74, 6) is -2.94. The maximum absolute atomic E-state index is 13.2. The Kier molecular flexibility index (Phi) is 5.49. The third-order valence-electron chi connectivity index (χ3n) is 4.26. The van der Waals surface area contributed by atoms with Gasteiger partial charge in [0.15, 0.2) is 6.61 Å². The van der Waals surface area contributed by atoms with Crippen LogP contribution in [0.15, 0.2) is 48.5 Å². The second kappa shape index (κ2) is 7.99. The zero-order chi connectivity index (χ0) is 20.3. The van der Waals surface area contributed by atoms with Gasteiger partial charge in [0.05, 0.1) is 11.1 Å². The van der Waals surface area contributed by atoms with Crippen molar-refractivity contribution in [1.29, 1.82) is 0 Å². The lowest BCUT2D eigenvalue weighted by Crippen LogP contribution is -2.37. The van der Waals surface area contributed by atoms with Crippen LogP contribution in [0.4, 0.5) is 4.39 Å². The predicted octanol–water partition coefficient (Wildman–Crippen LogP) is 1.62. The van der Waals surface area contributed by atoms with E-state index in [9.17, 15) is 23.6 Å². The Bertz CT molecular complexity index is 924. The molecule has 0 saturated carbocycles. The van der Waals surface area contributed by atoms with Gasteiger partial charge in [0.2, 0.25) is 0 Å². The Labute approximate surface area is 160 Å². The molecule has 1 aliphatic rings. The van der Waals surface area contributed by atoms with Crippen LogP contribution in [-0.4, -0.2) is 53.7 Å². The third-order valence-corrected chi connectivity index (χ3v) is 4.26. The van der Waals surface area contributed by atoms with Crippen LogP contribution in [0.2, 0.25) is 0 Å². The molecule has 0 aromatic heterocycles. The Hall–Kier alpha value is -3.55. The van der Waals surface area contributed by atoms with E-state index in [-0.39, 0.29) is 17.7 Å². The van der Waals surface area contributed by atoms with Gasteiger partial charge in [-0.1, -0.05) is 24.3 Å². The molecule has 28 heavy (non-hydrogen) atoms. The molecule has 0 spiro atoms. The van der Waals surface area contributed by atoms with Gasteiger partial charge >= 0.3 is 5.97 Å². The first-order valence-electron chi connectivity index (χ1n) is 8.46. The van der Waals surface area contributed by atoms with Crippen molar-refractivity contribution in [1.82, 2.24) is 9.80 Å². The quantitative estimate of drug-likeness (QED) is 0.558. The van der Waals surface area contributed by atoms with Gasteiger partial charge in [0.1, 0.15) is 12.4 Å². The van der Waals surface area contributed by atoms with E-state index < -0.39 is 42.7 Å². The van der Waals surface area contributed by atoms with Gasteiger partial charge in [-0.3, -0.25) is 24.1 Å². The first-order chi connectivity index (χ1) is 13.4. The van der Waals surface area contributed by atoms with Gasteiger partial charge in [-0.25, -0.2) is 4.39 Å². The second-order valence-corrected chi connectivity index (χ2v) is 6.28. The number of amides is 3. The van der Waals surface area contributed by atoms with Crippen LogP contribution >= 0.6 is 0 Å². The monoisotopic (exact) mass is 384 g/mol. The summed E-state index contributed by atoms with van der Waals surface area (Å²) < 4.78 is 18.1. The van der Waals surface area contributed by atoms with Gasteiger partial charge in [-0.15, -0.1) is 0 Å². The third kappa shape index (κ3) is 4.06. The highest BCUT2D eigenvalue weighted by Crippen LogP contribution is 2.22. The van der Waals surface area contributed by atoms with E-state index in [1.807, 2.05) is 0 Å². The van der Waals surface area contributed by atoms with Crippen LogP contribution in [-0.2, 0) is 20.9 Å². The van der Waals surface area contributed by atoms with Crippen molar-refractivity contribution >= 4 is 23.7 Å². The minimum Gasteiger partial charge on any atom is -0.454 e. The van der Waals surface area contributed by atoms with Crippen molar-refractivity contribution in [3.63, 3.8) is 0 Å². The average Bonchev–Trinajstić information content (AvgIpc) is 2.91. The Morgan fingerprint density at radius 3 is 2.29 bits per heavy atom. The number of hydrogen-bond donors (Lipinski definition) is 0. The van der Waals surface area contributed by atoms with Gasteiger partial charge in [-0.05, 0) is 29.8 Å². The highest BCUT2D eigenvalue weighted by molar-refractivity contribution is 6.22. The summed E-state index contributed by atoms with van der Waals surface area (Å²) >= 11 is 0. The number of imide groups is 1. The molecule has 2 aromatic rings. The number of halogens is 1. The zero-order valence-electron chi connectivity index (χ0n) is 15.1. The normalized spacial score (nSPS) is 12.7. The molecule has 3 amide bonds. The average molecular weight is 384 g/mol. The van der Waals surface area contributed by atoms with Crippen LogP contribution in [0.1, 0.15) is 26.3 Å². The predicted molar refractivity (Wildman–Crippen MR) is 95.6 cm³/mol. The lowest BCUT2D eigenvalue weighted by molar-refractivity contribution is -0.151. The summed E-state index contributed by atoms with van der Waals surface area (Å²) in [6.45, 7) is -0.979. The lowest BCUT2D eigenvalue weighted by Gasteiger charge is -2.18. The fraction of sp³-hybridized carbons (Fsp3) is 0.200. The summed E-state index contributed by atoms with van der Waals surface area (Å²) in [6.07, 6.45) is 0. The molecular weight excluding hydrogens is 367 g/mol. The first kappa shape index (κ1) is 19.2. The molecule has 0 fully saturated rings. The summed E-state index contributed by atoms with van der Waals surface area (Å²) in [5, 5.41) is 0. The number of carbonyl (C=O) groups is 4. The molecule has 0 bridgehead atoms. The molecule has 144 valence electrons. The maximum atomic E-state index is 13.2. The number of ether oxygens (including phenoxy) is 1. The first-order valence-corrected chi connectivity index (χ1v) is 8.46. The van der Waals surface area contributed by atoms with E-state index in [0.717, 1.165) is 4.90 Å². The second-order valence-electron chi connectivity index (χ2n) is 6.28. The number of fused-ring (bicyclic) bond motifs is 1. The highest BCUT2D eigenvalue weighted by atomic mass is 19.1. The standard InChI is InChI=1S/C20H17FN2O5/c1-22(10-13-5-4-6-14(21)9-13)17(24)12-28-18(25)11-23-19(26)15-7-2-3-8-16(15)20(23)27/h2-9H,10-12H2,1H3. The lowest BCUT2D eigenvalue weighted by atomic mass is 10.1. The minimum atomic E-state index is -0.873. The summed E-state index contributed by atoms with van der Waals surface area (Å²) in [5.41, 5.74) is 1.05. The molecule has 7 nitrogen and oxygen atoms in total. The van der Waals surface area contributed by atoms with Crippen molar-refractivity contribution in [2.45, 2.75) is 6.54 Å². The molecule has 2 aromatic carbocycles. The fourth-order valence-electron chi connectivity index (χ4n) is 2.81. The SMILES string of the molecule is CN(Cc1cccc(F)c1)C(=O)COC(=O)CN1C(=O)c2ccccc2C1=O. The molecule has 8 heteroatoms. The topological polar surface area (TPSA) is 84.0 Å². The molecule has 1 aliphatic heterocycles. The van der Waals surface area contributed by atoms with Crippen LogP contribution in [0.5, 0.6) is 0 Å². The molecule has 0 unspecified atom stereocenters. The Morgan fingerprint density at radius 2 is 1.68 bits per heavy atom. The number of benzene rings is 2. The number of likely N-dealkylation sites (N-methyl/N-ethyl adjacent to an activating group) is 1. The van der Waals surface area contributed by atoms with Crippen LogP contribution in [0.25, 0.3) is 0 Å². The number of rotatable bonds is 6. The molecule has 0 saturated heterocycles. The van der Waals surface area contributed by atoms with E-state index >= 15 is 0 Å².